The van der Waals surface area contributed by atoms with E-state index in [1.54, 1.807) is 0 Å². The molecule has 0 N–H and O–H groups in total. The number of rotatable bonds is 3. The Morgan fingerprint density at radius 3 is 2.50 bits per heavy atom. The van der Waals surface area contributed by atoms with E-state index in [4.69, 9.17) is 16.3 Å². The number of ether oxygens (including phenoxy) is 1. The van der Waals surface area contributed by atoms with E-state index in [1.165, 1.54) is 0 Å². The number of nitrogens with zero attached hydrogens (tertiary/aromatic N) is 2. The van der Waals surface area contributed by atoms with Crippen LogP contribution in [0.25, 0.3) is 0 Å². The first-order valence-electron chi connectivity index (χ1n) is 6.36. The molecule has 0 aliphatic heterocycles. The molecule has 1 aromatic heterocycles. The van der Waals surface area contributed by atoms with E-state index in [0.717, 1.165) is 21.3 Å². The quantitative estimate of drug-likeness (QED) is 0.689. The first-order chi connectivity index (χ1) is 9.38. The van der Waals surface area contributed by atoms with E-state index < -0.39 is 0 Å². The molecule has 0 atom stereocenters. The van der Waals surface area contributed by atoms with Gasteiger partial charge in [-0.3, -0.25) is 0 Å². The Hall–Kier alpha value is -1.13. The fraction of sp³-hybridized carbons (Fsp3) is 0.333. The summed E-state index contributed by atoms with van der Waals surface area (Å²) in [5, 5.41) is 0.438. The van der Waals surface area contributed by atoms with E-state index in [9.17, 15) is 0 Å². The van der Waals surface area contributed by atoms with Crippen LogP contribution in [0, 0.1) is 13.8 Å². The summed E-state index contributed by atoms with van der Waals surface area (Å²) in [6.07, 6.45) is 0. The zero-order chi connectivity index (χ0) is 14.9. The Balaban J connectivity index is 2.42. The maximum atomic E-state index is 6.16. The number of aryl methyl sites for hydroxylation is 1. The highest BCUT2D eigenvalue weighted by Gasteiger charge is 2.14. The van der Waals surface area contributed by atoms with E-state index in [0.29, 0.717) is 16.9 Å². The van der Waals surface area contributed by atoms with E-state index in [-0.39, 0.29) is 5.92 Å². The maximum absolute atomic E-state index is 6.16. The first-order valence-corrected chi connectivity index (χ1v) is 7.53. The van der Waals surface area contributed by atoms with Gasteiger partial charge in [-0.2, -0.15) is 4.98 Å². The maximum Gasteiger partial charge on any atom is 0.227 e. The molecule has 3 nitrogen and oxygen atoms in total. The Morgan fingerprint density at radius 2 is 1.90 bits per heavy atom. The van der Waals surface area contributed by atoms with Gasteiger partial charge >= 0.3 is 0 Å². The van der Waals surface area contributed by atoms with Crippen LogP contribution in [0.1, 0.15) is 36.7 Å². The Kier molecular flexibility index (Phi) is 4.66. The van der Waals surface area contributed by atoms with Crippen molar-refractivity contribution in [3.8, 4) is 11.6 Å². The molecule has 0 bridgehead atoms. The Labute approximate surface area is 132 Å². The molecule has 0 aliphatic rings. The smallest absolute Gasteiger partial charge is 0.227 e. The van der Waals surface area contributed by atoms with Gasteiger partial charge in [-0.1, -0.05) is 41.4 Å². The second-order valence-electron chi connectivity index (χ2n) is 4.97. The summed E-state index contributed by atoms with van der Waals surface area (Å²) < 4.78 is 6.93. The van der Waals surface area contributed by atoms with Crippen molar-refractivity contribution >= 4 is 27.5 Å². The first kappa shape index (κ1) is 15.3. The molecule has 0 radical (unpaired) electrons. The van der Waals surface area contributed by atoms with Crippen LogP contribution >= 0.6 is 27.5 Å². The fourth-order valence-corrected chi connectivity index (χ4v) is 2.32. The van der Waals surface area contributed by atoms with Gasteiger partial charge in [-0.15, -0.1) is 0 Å². The van der Waals surface area contributed by atoms with Crippen LogP contribution in [0.2, 0.25) is 5.15 Å². The van der Waals surface area contributed by atoms with Crippen LogP contribution in [0.15, 0.2) is 22.7 Å². The molecule has 1 heterocycles. The molecular formula is C15H16BrClN2O. The van der Waals surface area contributed by atoms with Crippen LogP contribution in [0.3, 0.4) is 0 Å². The largest absolute Gasteiger partial charge is 0.438 e. The minimum absolute atomic E-state index is 0.196. The molecule has 106 valence electrons. The summed E-state index contributed by atoms with van der Waals surface area (Å²) in [5.74, 6) is 2.16. The average molecular weight is 356 g/mol. The van der Waals surface area contributed by atoms with Crippen molar-refractivity contribution in [2.75, 3.05) is 0 Å². The predicted molar refractivity (Wildman–Crippen MR) is 84.8 cm³/mol. The highest BCUT2D eigenvalue weighted by Crippen LogP contribution is 2.31. The standard InChI is InChI=1S/C15H16BrClN2O/c1-8(2)14-18-13(17)10(4)15(19-14)20-12-6-5-11(16)7-9(12)3/h5-8H,1-4H3. The molecule has 0 unspecified atom stereocenters. The van der Waals surface area contributed by atoms with Crippen molar-refractivity contribution in [3.63, 3.8) is 0 Å². The summed E-state index contributed by atoms with van der Waals surface area (Å²) in [7, 11) is 0. The molecule has 20 heavy (non-hydrogen) atoms. The average Bonchev–Trinajstić information content (AvgIpc) is 2.37. The molecule has 1 aromatic carbocycles. The van der Waals surface area contributed by atoms with E-state index >= 15 is 0 Å². The minimum Gasteiger partial charge on any atom is -0.438 e. The molecule has 2 aromatic rings. The lowest BCUT2D eigenvalue weighted by molar-refractivity contribution is 0.449. The molecule has 0 saturated heterocycles. The Morgan fingerprint density at radius 1 is 1.20 bits per heavy atom. The number of hydrogen-bond donors (Lipinski definition) is 0. The number of hydrogen-bond acceptors (Lipinski definition) is 3. The minimum atomic E-state index is 0.196. The molecule has 0 fully saturated rings. The number of halogens is 2. The van der Waals surface area contributed by atoms with Gasteiger partial charge in [0.1, 0.15) is 16.7 Å². The summed E-state index contributed by atoms with van der Waals surface area (Å²) in [4.78, 5) is 8.74. The number of benzene rings is 1. The molecule has 5 heteroatoms. The Bertz CT molecular complexity index is 644. The van der Waals surface area contributed by atoms with Crippen LogP contribution < -0.4 is 4.74 Å². The van der Waals surface area contributed by atoms with Gasteiger partial charge in [0, 0.05) is 16.0 Å². The third-order valence-corrected chi connectivity index (χ3v) is 3.78. The highest BCUT2D eigenvalue weighted by atomic mass is 79.9. The van der Waals surface area contributed by atoms with E-state index in [1.807, 2.05) is 45.9 Å². The molecule has 2 rings (SSSR count). The summed E-state index contributed by atoms with van der Waals surface area (Å²) in [6.45, 7) is 7.89. The van der Waals surface area contributed by atoms with Gasteiger partial charge in [0.25, 0.3) is 0 Å². The van der Waals surface area contributed by atoms with Gasteiger partial charge < -0.3 is 4.74 Å². The van der Waals surface area contributed by atoms with Gasteiger partial charge in [-0.05, 0) is 37.6 Å². The lowest BCUT2D eigenvalue weighted by Gasteiger charge is -2.13. The highest BCUT2D eigenvalue weighted by molar-refractivity contribution is 9.10. The van der Waals surface area contributed by atoms with Gasteiger partial charge in [-0.25, -0.2) is 4.98 Å². The second kappa shape index (κ2) is 6.10. The van der Waals surface area contributed by atoms with Crippen molar-refractivity contribution in [3.05, 3.63) is 44.8 Å². The molecule has 0 saturated carbocycles. The van der Waals surface area contributed by atoms with Crippen molar-refractivity contribution in [2.45, 2.75) is 33.6 Å². The molecule has 0 amide bonds. The zero-order valence-electron chi connectivity index (χ0n) is 11.9. The van der Waals surface area contributed by atoms with Crippen LogP contribution in [0.5, 0.6) is 11.6 Å². The van der Waals surface area contributed by atoms with Gasteiger partial charge in [0.2, 0.25) is 5.88 Å². The summed E-state index contributed by atoms with van der Waals surface area (Å²) in [6, 6.07) is 5.84. The third-order valence-electron chi connectivity index (χ3n) is 2.92. The van der Waals surface area contributed by atoms with Gasteiger partial charge in [0.05, 0.1) is 0 Å². The molecular weight excluding hydrogens is 340 g/mol. The lowest BCUT2D eigenvalue weighted by atomic mass is 10.2. The monoisotopic (exact) mass is 354 g/mol. The second-order valence-corrected chi connectivity index (χ2v) is 6.24. The predicted octanol–water partition coefficient (Wildman–Crippen LogP) is 5.43. The normalized spacial score (nSPS) is 10.9. The molecule has 0 spiro atoms. The lowest BCUT2D eigenvalue weighted by Crippen LogP contribution is -2.03. The summed E-state index contributed by atoms with van der Waals surface area (Å²) in [5.41, 5.74) is 1.78. The SMILES string of the molecule is Cc1cc(Br)ccc1Oc1nc(C(C)C)nc(Cl)c1C. The van der Waals surface area contributed by atoms with Crippen LogP contribution in [0.4, 0.5) is 0 Å². The van der Waals surface area contributed by atoms with Crippen LogP contribution in [-0.2, 0) is 0 Å². The van der Waals surface area contributed by atoms with Gasteiger partial charge in [0.15, 0.2) is 0 Å². The van der Waals surface area contributed by atoms with Crippen molar-refractivity contribution < 1.29 is 4.74 Å². The van der Waals surface area contributed by atoms with Crippen LogP contribution in [-0.4, -0.2) is 9.97 Å². The van der Waals surface area contributed by atoms with Crippen molar-refractivity contribution in [1.82, 2.24) is 9.97 Å². The summed E-state index contributed by atoms with van der Waals surface area (Å²) >= 11 is 9.59. The topological polar surface area (TPSA) is 35.0 Å². The van der Waals surface area contributed by atoms with Crippen molar-refractivity contribution in [1.29, 1.82) is 0 Å². The van der Waals surface area contributed by atoms with Crippen molar-refractivity contribution in [2.24, 2.45) is 0 Å². The zero-order valence-corrected chi connectivity index (χ0v) is 14.2. The van der Waals surface area contributed by atoms with E-state index in [2.05, 4.69) is 25.9 Å². The number of aromatic nitrogens is 2. The molecule has 0 aliphatic carbocycles. The fourth-order valence-electron chi connectivity index (χ4n) is 1.67. The third kappa shape index (κ3) is 3.30.